The summed E-state index contributed by atoms with van der Waals surface area (Å²) in [6, 6.07) is 0. The molecule has 2 aliphatic heterocycles. The molecule has 0 aliphatic carbocycles. The second-order valence-corrected chi connectivity index (χ2v) is 6.79. The Kier molecular flexibility index (Phi) is 4.49. The van der Waals surface area contributed by atoms with Gasteiger partial charge in [0.05, 0.1) is 19.3 Å². The molecule has 5 atom stereocenters. The van der Waals surface area contributed by atoms with Gasteiger partial charge in [0.25, 0.3) is 0 Å². The Balaban J connectivity index is 1.81. The van der Waals surface area contributed by atoms with Gasteiger partial charge in [0, 0.05) is 7.05 Å². The molecule has 0 bridgehead atoms. The van der Waals surface area contributed by atoms with Crippen LogP contribution in [0.1, 0.15) is 18.1 Å². The zero-order chi connectivity index (χ0) is 17.6. The lowest BCUT2D eigenvalue weighted by Crippen LogP contribution is -2.34. The number of fused-ring (bicyclic) bond motifs is 1. The van der Waals surface area contributed by atoms with Crippen molar-refractivity contribution in [2.75, 3.05) is 13.7 Å². The van der Waals surface area contributed by atoms with Crippen molar-refractivity contribution in [3.05, 3.63) is 12.0 Å². The molecule has 1 saturated heterocycles. The van der Waals surface area contributed by atoms with Crippen molar-refractivity contribution in [2.45, 2.75) is 30.7 Å². The summed E-state index contributed by atoms with van der Waals surface area (Å²) in [6.45, 7) is -0.582. The fourth-order valence-corrected chi connectivity index (χ4v) is 2.92. The average molecular weight is 363 g/mol. The minimum atomic E-state index is -4.72. The van der Waals surface area contributed by atoms with E-state index in [0.29, 0.717) is 11.5 Å². The molecule has 6 N–H and O–H groups in total. The summed E-state index contributed by atoms with van der Waals surface area (Å²) in [6.07, 6.45) is -2.58. The minimum Gasteiger partial charge on any atom is -0.387 e. The van der Waals surface area contributed by atoms with Crippen LogP contribution in [0.2, 0.25) is 0 Å². The summed E-state index contributed by atoms with van der Waals surface area (Å²) in [7, 11) is -2.98. The molecular weight excluding hydrogens is 345 g/mol. The van der Waals surface area contributed by atoms with E-state index in [-0.39, 0.29) is 0 Å². The largest absolute Gasteiger partial charge is 0.469 e. The fourth-order valence-electron chi connectivity index (χ4n) is 2.57. The number of nitrogens with two attached hydrogens (primary N) is 1. The molecule has 0 aromatic carbocycles. The lowest BCUT2D eigenvalue weighted by Gasteiger charge is -2.26. The van der Waals surface area contributed by atoms with Gasteiger partial charge >= 0.3 is 7.82 Å². The van der Waals surface area contributed by atoms with Crippen molar-refractivity contribution in [1.82, 2.24) is 14.5 Å². The molecule has 12 nitrogen and oxygen atoms in total. The molecule has 24 heavy (non-hydrogen) atoms. The lowest BCUT2D eigenvalue weighted by atomic mass is 10.1. The Bertz CT molecular complexity index is 690. The van der Waals surface area contributed by atoms with Crippen molar-refractivity contribution in [3.63, 3.8) is 0 Å². The second kappa shape index (κ2) is 6.17. The maximum Gasteiger partial charge on any atom is 0.469 e. The lowest BCUT2D eigenvalue weighted by molar-refractivity contribution is -0.0513. The number of phosphoric acid groups is 1. The number of hydrogen-bond donors (Lipinski definition) is 5. The Morgan fingerprint density at radius 1 is 1.42 bits per heavy atom. The summed E-state index contributed by atoms with van der Waals surface area (Å²) in [5.74, 6) is 0.369. The first-order valence-corrected chi connectivity index (χ1v) is 8.52. The number of rotatable bonds is 4. The van der Waals surface area contributed by atoms with Crippen LogP contribution >= 0.6 is 7.82 Å². The molecule has 1 aromatic heterocycles. The third-order valence-corrected chi connectivity index (χ3v) is 4.38. The third kappa shape index (κ3) is 3.10. The number of ether oxygens (including phenoxy) is 1. The van der Waals surface area contributed by atoms with Crippen LogP contribution in [-0.4, -0.2) is 72.8 Å². The molecule has 13 heteroatoms. The quantitative estimate of drug-likeness (QED) is 0.383. The number of aromatic nitrogens is 2. The molecule has 2 aliphatic rings. The van der Waals surface area contributed by atoms with Crippen molar-refractivity contribution in [1.29, 1.82) is 0 Å². The number of hydrogen-bond acceptors (Lipinski definition) is 9. The average Bonchev–Trinajstić information content (AvgIpc) is 3.04. The van der Waals surface area contributed by atoms with Crippen molar-refractivity contribution >= 4 is 20.0 Å². The summed E-state index contributed by atoms with van der Waals surface area (Å²) < 4.78 is 22.0. The first-order valence-electron chi connectivity index (χ1n) is 6.99. The molecule has 0 radical (unpaired) electrons. The van der Waals surface area contributed by atoms with Crippen LogP contribution in [0.5, 0.6) is 0 Å². The third-order valence-electron chi connectivity index (χ3n) is 3.89. The van der Waals surface area contributed by atoms with Crippen molar-refractivity contribution in [3.8, 4) is 0 Å². The molecule has 1 fully saturated rings. The Labute approximate surface area is 136 Å². The summed E-state index contributed by atoms with van der Waals surface area (Å²) in [4.78, 5) is 27.5. The van der Waals surface area contributed by atoms with Gasteiger partial charge in [0.15, 0.2) is 12.0 Å². The van der Waals surface area contributed by atoms with Gasteiger partial charge in [-0.1, -0.05) is 0 Å². The molecule has 0 spiro atoms. The van der Waals surface area contributed by atoms with E-state index in [9.17, 15) is 14.8 Å². The Morgan fingerprint density at radius 2 is 2.12 bits per heavy atom. The van der Waals surface area contributed by atoms with Crippen LogP contribution in [0.4, 0.5) is 5.82 Å². The van der Waals surface area contributed by atoms with E-state index in [0.717, 1.165) is 0 Å². The Morgan fingerprint density at radius 3 is 2.79 bits per heavy atom. The maximum absolute atomic E-state index is 10.8. The van der Waals surface area contributed by atoms with Crippen LogP contribution in [0.25, 0.3) is 0 Å². The highest BCUT2D eigenvalue weighted by Gasteiger charge is 2.45. The number of aliphatic hydroxyl groups is 2. The summed E-state index contributed by atoms with van der Waals surface area (Å²) >= 11 is 0. The van der Waals surface area contributed by atoms with E-state index in [1.165, 1.54) is 17.2 Å². The van der Waals surface area contributed by atoms with E-state index < -0.39 is 45.1 Å². The zero-order valence-electron chi connectivity index (χ0n) is 12.6. The molecule has 1 aromatic rings. The number of phosphoric ester groups is 1. The molecule has 3 rings (SSSR count). The Hall–Kier alpha value is -1.37. The highest BCUT2D eigenvalue weighted by atomic mass is 31.2. The van der Waals surface area contributed by atoms with Gasteiger partial charge in [-0.2, -0.15) is 0 Å². The topological polar surface area (TPSA) is 176 Å². The van der Waals surface area contributed by atoms with Crippen molar-refractivity contribution < 1.29 is 33.8 Å². The minimum absolute atomic E-state index is 0.369. The number of nitrogens with zero attached hydrogens (tertiary/aromatic N) is 4. The van der Waals surface area contributed by atoms with E-state index in [1.54, 1.807) is 11.9 Å². The molecular formula is C11H18N5O7P. The number of aliphatic hydroxyl groups excluding tert-OH is 2. The van der Waals surface area contributed by atoms with Crippen LogP contribution < -0.4 is 5.73 Å². The molecule has 3 heterocycles. The molecule has 0 saturated carbocycles. The SMILES string of the molecule is CN1C=Nc2c(ncn2[C@@H]2O[C@@H](COP(=O)(O)O)[C@H](O)[C@H]2O)[C@H]1N. The van der Waals surface area contributed by atoms with Crippen molar-refractivity contribution in [2.24, 2.45) is 10.7 Å². The fraction of sp³-hybridized carbons (Fsp3) is 0.636. The molecule has 0 unspecified atom stereocenters. The molecule has 134 valence electrons. The zero-order valence-corrected chi connectivity index (χ0v) is 13.5. The standard InChI is InChI=1S/C11H18N5O7P/c1-15-3-14-10-6(9(15)12)13-4-16(10)11-8(18)7(17)5(23-11)2-22-24(19,20)21/h3-5,7-9,11,17-18H,2,12H2,1H3,(H2,19,20,21)/t5-,7-,8+,9-,11+/m0/s1. The van der Waals surface area contributed by atoms with Gasteiger partial charge in [0.2, 0.25) is 0 Å². The van der Waals surface area contributed by atoms with Gasteiger partial charge in [-0.15, -0.1) is 0 Å². The first kappa shape index (κ1) is 17.5. The van der Waals surface area contributed by atoms with Crippen LogP contribution in [0.15, 0.2) is 11.3 Å². The second-order valence-electron chi connectivity index (χ2n) is 5.55. The van der Waals surface area contributed by atoms with E-state index in [4.69, 9.17) is 20.3 Å². The van der Waals surface area contributed by atoms with E-state index >= 15 is 0 Å². The maximum atomic E-state index is 10.8. The number of aliphatic imine (C=N–C) groups is 1. The van der Waals surface area contributed by atoms with Gasteiger partial charge in [-0.25, -0.2) is 14.5 Å². The van der Waals surface area contributed by atoms with E-state index in [2.05, 4.69) is 14.5 Å². The highest BCUT2D eigenvalue weighted by Crippen LogP contribution is 2.40. The predicted molar refractivity (Wildman–Crippen MR) is 79.0 cm³/mol. The van der Waals surface area contributed by atoms with Gasteiger partial charge in [-0.05, 0) is 0 Å². The van der Waals surface area contributed by atoms with Crippen LogP contribution in [0.3, 0.4) is 0 Å². The van der Waals surface area contributed by atoms with Crippen LogP contribution in [-0.2, 0) is 13.8 Å². The normalized spacial score (nSPS) is 33.1. The monoisotopic (exact) mass is 363 g/mol. The predicted octanol–water partition coefficient (Wildman–Crippen LogP) is -1.83. The molecule has 0 amide bonds. The van der Waals surface area contributed by atoms with E-state index in [1.807, 2.05) is 0 Å². The van der Waals surface area contributed by atoms with Gasteiger partial charge in [0.1, 0.15) is 30.2 Å². The summed E-state index contributed by atoms with van der Waals surface area (Å²) in [5.41, 5.74) is 6.46. The highest BCUT2D eigenvalue weighted by molar-refractivity contribution is 7.46. The summed E-state index contributed by atoms with van der Waals surface area (Å²) in [5, 5.41) is 20.2. The smallest absolute Gasteiger partial charge is 0.387 e. The first-order chi connectivity index (χ1) is 11.2. The number of imidazole rings is 1. The van der Waals surface area contributed by atoms with Gasteiger partial charge in [-0.3, -0.25) is 9.09 Å². The van der Waals surface area contributed by atoms with Gasteiger partial charge < -0.3 is 35.4 Å². The van der Waals surface area contributed by atoms with Crippen LogP contribution in [0, 0.1) is 0 Å².